The fourth-order valence-corrected chi connectivity index (χ4v) is 6.36. The number of carbonyl (C=O) groups is 1. The van der Waals surface area contributed by atoms with Crippen LogP contribution in [-0.2, 0) is 4.79 Å². The van der Waals surface area contributed by atoms with Crippen LogP contribution >= 0.6 is 34.3 Å². The third-order valence-electron chi connectivity index (χ3n) is 6.22. The van der Waals surface area contributed by atoms with Crippen molar-refractivity contribution in [1.29, 1.82) is 0 Å². The van der Waals surface area contributed by atoms with Crippen LogP contribution in [0.5, 0.6) is 5.75 Å². The van der Waals surface area contributed by atoms with E-state index in [1.807, 2.05) is 32.0 Å². The van der Waals surface area contributed by atoms with Gasteiger partial charge in [0.25, 0.3) is 5.91 Å². The summed E-state index contributed by atoms with van der Waals surface area (Å²) in [6.45, 7) is 3.82. The number of ether oxygens (including phenoxy) is 1. The van der Waals surface area contributed by atoms with Gasteiger partial charge in [0.1, 0.15) is 5.75 Å². The first-order valence-electron chi connectivity index (χ1n) is 11.1. The van der Waals surface area contributed by atoms with Crippen LogP contribution in [0.2, 0.25) is 5.02 Å². The highest BCUT2D eigenvalue weighted by atomic mass is 35.5. The van der Waals surface area contributed by atoms with E-state index >= 15 is 0 Å². The number of allylic oxidation sites excluding steroid dienone is 1. The van der Waals surface area contributed by atoms with Gasteiger partial charge in [-0.25, -0.2) is 5.01 Å². The number of aryl methyl sites for hydroxylation is 2. The van der Waals surface area contributed by atoms with Gasteiger partial charge in [-0.2, -0.15) is 5.10 Å². The van der Waals surface area contributed by atoms with Crippen molar-refractivity contribution >= 4 is 52.0 Å². The Bertz CT molecular complexity index is 1190. The van der Waals surface area contributed by atoms with E-state index < -0.39 is 0 Å². The highest BCUT2D eigenvalue weighted by molar-refractivity contribution is 7.11. The Labute approximate surface area is 207 Å². The summed E-state index contributed by atoms with van der Waals surface area (Å²) in [4.78, 5) is 15.8. The summed E-state index contributed by atoms with van der Waals surface area (Å²) in [6.07, 6.45) is 5.37. The Morgan fingerprint density at radius 3 is 2.67 bits per heavy atom. The molecule has 1 saturated carbocycles. The van der Waals surface area contributed by atoms with E-state index in [9.17, 15) is 4.79 Å². The second kappa shape index (κ2) is 9.45. The standard InChI is InChI=1S/C26H25ClN2O2S2/c1-16-12-19(13-17(2)24(16)27)31-15-23(30)29-26(22-9-5-11-33-22)21-8-3-6-18(25(21)28-29)14-20-7-4-10-32-20/h4-5,7,9-14,21,26H,3,6,8,15H2,1-2H3. The van der Waals surface area contributed by atoms with E-state index in [0.29, 0.717) is 5.75 Å². The van der Waals surface area contributed by atoms with E-state index in [0.717, 1.165) is 41.1 Å². The van der Waals surface area contributed by atoms with E-state index in [1.54, 1.807) is 27.7 Å². The zero-order valence-electron chi connectivity index (χ0n) is 18.6. The summed E-state index contributed by atoms with van der Waals surface area (Å²) >= 11 is 9.68. The molecule has 0 radical (unpaired) electrons. The fraction of sp³-hybridized carbons (Fsp3) is 0.308. The monoisotopic (exact) mass is 496 g/mol. The fourth-order valence-electron chi connectivity index (χ4n) is 4.69. The maximum Gasteiger partial charge on any atom is 0.281 e. The number of amides is 1. The molecule has 1 fully saturated rings. The van der Waals surface area contributed by atoms with Crippen LogP contribution in [0.15, 0.2) is 57.8 Å². The molecule has 5 rings (SSSR count). The van der Waals surface area contributed by atoms with Crippen LogP contribution < -0.4 is 4.74 Å². The van der Waals surface area contributed by atoms with Gasteiger partial charge in [0, 0.05) is 20.7 Å². The van der Waals surface area contributed by atoms with Crippen molar-refractivity contribution in [2.75, 3.05) is 6.61 Å². The third-order valence-corrected chi connectivity index (χ3v) is 8.58. The minimum Gasteiger partial charge on any atom is -0.484 e. The molecule has 2 unspecified atom stereocenters. The lowest BCUT2D eigenvalue weighted by Crippen LogP contribution is -2.34. The maximum atomic E-state index is 13.4. The molecule has 2 atom stereocenters. The molecule has 7 heteroatoms. The maximum absolute atomic E-state index is 13.4. The van der Waals surface area contributed by atoms with Crippen molar-refractivity contribution in [3.05, 3.63) is 78.6 Å². The third kappa shape index (κ3) is 4.52. The Morgan fingerprint density at radius 2 is 1.97 bits per heavy atom. The molecular formula is C26H25ClN2O2S2. The van der Waals surface area contributed by atoms with Gasteiger partial charge in [-0.15, -0.1) is 22.7 Å². The zero-order chi connectivity index (χ0) is 22.9. The summed E-state index contributed by atoms with van der Waals surface area (Å²) in [5.41, 5.74) is 4.17. The Morgan fingerprint density at radius 1 is 1.21 bits per heavy atom. The van der Waals surface area contributed by atoms with Gasteiger partial charge >= 0.3 is 0 Å². The summed E-state index contributed by atoms with van der Waals surface area (Å²) in [5.74, 6) is 0.738. The highest BCUT2D eigenvalue weighted by Crippen LogP contribution is 2.45. The minimum atomic E-state index is -0.129. The molecule has 3 aromatic rings. The van der Waals surface area contributed by atoms with E-state index in [1.165, 1.54) is 15.3 Å². The quantitative estimate of drug-likeness (QED) is 0.372. The summed E-state index contributed by atoms with van der Waals surface area (Å²) < 4.78 is 5.90. The number of thiophene rings is 2. The molecule has 1 aromatic carbocycles. The van der Waals surface area contributed by atoms with Crippen LogP contribution in [0.4, 0.5) is 0 Å². The number of benzene rings is 1. The Hall–Kier alpha value is -2.41. The molecule has 2 aliphatic rings. The number of hydrogen-bond donors (Lipinski definition) is 0. The highest BCUT2D eigenvalue weighted by Gasteiger charge is 2.44. The molecular weight excluding hydrogens is 472 g/mol. The molecule has 33 heavy (non-hydrogen) atoms. The molecule has 1 aliphatic heterocycles. The van der Waals surface area contributed by atoms with E-state index in [2.05, 4.69) is 35.0 Å². The van der Waals surface area contributed by atoms with Crippen LogP contribution in [0, 0.1) is 19.8 Å². The number of fused-ring (bicyclic) bond motifs is 1. The molecule has 0 spiro atoms. The van der Waals surface area contributed by atoms with Gasteiger partial charge in [0.05, 0.1) is 11.8 Å². The van der Waals surface area contributed by atoms with Crippen LogP contribution in [0.25, 0.3) is 6.08 Å². The van der Waals surface area contributed by atoms with Crippen molar-refractivity contribution in [2.24, 2.45) is 11.0 Å². The van der Waals surface area contributed by atoms with Crippen molar-refractivity contribution in [1.82, 2.24) is 5.01 Å². The van der Waals surface area contributed by atoms with Crippen molar-refractivity contribution in [2.45, 2.75) is 39.2 Å². The van der Waals surface area contributed by atoms with Gasteiger partial charge < -0.3 is 4.74 Å². The smallest absolute Gasteiger partial charge is 0.281 e. The van der Waals surface area contributed by atoms with Gasteiger partial charge in [0.15, 0.2) is 6.61 Å². The second-order valence-corrected chi connectivity index (χ2v) is 10.9. The number of hydrazone groups is 1. The van der Waals surface area contributed by atoms with Gasteiger partial charge in [-0.05, 0) is 90.9 Å². The second-order valence-electron chi connectivity index (χ2n) is 8.53. The number of rotatable bonds is 5. The lowest BCUT2D eigenvalue weighted by molar-refractivity contribution is -0.135. The molecule has 2 aromatic heterocycles. The molecule has 4 nitrogen and oxygen atoms in total. The molecule has 0 N–H and O–H groups in total. The van der Waals surface area contributed by atoms with E-state index in [-0.39, 0.29) is 24.5 Å². The molecule has 0 saturated heterocycles. The lowest BCUT2D eigenvalue weighted by atomic mass is 9.79. The first kappa shape index (κ1) is 22.4. The zero-order valence-corrected chi connectivity index (χ0v) is 21.0. The summed E-state index contributed by atoms with van der Waals surface area (Å²) in [6, 6.07) is 12.0. The lowest BCUT2D eigenvalue weighted by Gasteiger charge is -2.28. The molecule has 170 valence electrons. The van der Waals surface area contributed by atoms with Crippen LogP contribution in [0.3, 0.4) is 0 Å². The molecule has 3 heterocycles. The van der Waals surface area contributed by atoms with Crippen molar-refractivity contribution < 1.29 is 9.53 Å². The normalized spacial score (nSPS) is 21.2. The van der Waals surface area contributed by atoms with Gasteiger partial charge in [-0.3, -0.25) is 4.79 Å². The largest absolute Gasteiger partial charge is 0.484 e. The predicted molar refractivity (Wildman–Crippen MR) is 137 cm³/mol. The SMILES string of the molecule is Cc1cc(OCC(=O)N2N=C3C(=Cc4cccs4)CCCC3C2c2cccs2)cc(C)c1Cl. The van der Waals surface area contributed by atoms with Crippen LogP contribution in [-0.4, -0.2) is 23.2 Å². The van der Waals surface area contributed by atoms with Gasteiger partial charge in [0.2, 0.25) is 0 Å². The predicted octanol–water partition coefficient (Wildman–Crippen LogP) is 7.28. The number of carbonyl (C=O) groups excluding carboxylic acids is 1. The topological polar surface area (TPSA) is 41.9 Å². The number of nitrogens with zero attached hydrogens (tertiary/aromatic N) is 2. The average molecular weight is 497 g/mol. The van der Waals surface area contributed by atoms with E-state index in [4.69, 9.17) is 21.4 Å². The van der Waals surface area contributed by atoms with Crippen molar-refractivity contribution in [3.63, 3.8) is 0 Å². The molecule has 1 aliphatic carbocycles. The average Bonchev–Trinajstić information content (AvgIpc) is 3.56. The first-order chi connectivity index (χ1) is 16.0. The molecule has 1 amide bonds. The number of hydrogen-bond acceptors (Lipinski definition) is 5. The summed E-state index contributed by atoms with van der Waals surface area (Å²) in [5, 5.41) is 11.5. The van der Waals surface area contributed by atoms with Gasteiger partial charge in [-0.1, -0.05) is 23.7 Å². The first-order valence-corrected chi connectivity index (χ1v) is 13.2. The minimum absolute atomic E-state index is 0.0597. The van der Waals surface area contributed by atoms with Crippen LogP contribution in [0.1, 0.15) is 46.2 Å². The Balaban J connectivity index is 1.42. The Kier molecular flexibility index (Phi) is 6.41. The molecule has 0 bridgehead atoms. The van der Waals surface area contributed by atoms with Crippen molar-refractivity contribution in [3.8, 4) is 5.75 Å². The summed E-state index contributed by atoms with van der Waals surface area (Å²) in [7, 11) is 0. The number of halogens is 1.